The van der Waals surface area contributed by atoms with Gasteiger partial charge in [-0.05, 0) is 37.3 Å². The zero-order valence-electron chi connectivity index (χ0n) is 16.4. The largest absolute Gasteiger partial charge is 0.483 e. The van der Waals surface area contributed by atoms with Gasteiger partial charge in [0.15, 0.2) is 6.61 Å². The first-order valence-electron chi connectivity index (χ1n) is 9.64. The fourth-order valence-electron chi connectivity index (χ4n) is 3.15. The minimum absolute atomic E-state index is 0.0780. The molecule has 8 nitrogen and oxygen atoms in total. The highest BCUT2D eigenvalue weighted by Gasteiger charge is 2.31. The number of ether oxygens (including phenoxy) is 1. The summed E-state index contributed by atoms with van der Waals surface area (Å²) in [6.07, 6.45) is 2.52. The molecule has 2 rings (SSSR count). The number of rotatable bonds is 8. The molecule has 1 unspecified atom stereocenters. The van der Waals surface area contributed by atoms with Gasteiger partial charge in [-0.15, -0.1) is 0 Å². The van der Waals surface area contributed by atoms with Crippen LogP contribution in [0, 0.1) is 5.92 Å². The number of sulfonamides is 1. The van der Waals surface area contributed by atoms with Gasteiger partial charge in [0.2, 0.25) is 15.9 Å². The molecule has 2 amide bonds. The van der Waals surface area contributed by atoms with E-state index in [-0.39, 0.29) is 18.9 Å². The monoisotopic (exact) mass is 411 g/mol. The number of benzene rings is 1. The normalized spacial score (nSPS) is 17.7. The molecular weight excluding hydrogens is 382 g/mol. The molecule has 0 aromatic heterocycles. The summed E-state index contributed by atoms with van der Waals surface area (Å²) in [6.45, 7) is 4.16. The van der Waals surface area contributed by atoms with Crippen molar-refractivity contribution in [1.29, 1.82) is 0 Å². The molecule has 1 aliphatic heterocycles. The minimum Gasteiger partial charge on any atom is -0.483 e. The lowest BCUT2D eigenvalue weighted by Crippen LogP contribution is -2.51. The van der Waals surface area contributed by atoms with Crippen LogP contribution in [0.1, 0.15) is 38.7 Å². The fourth-order valence-corrected chi connectivity index (χ4v) is 4.73. The van der Waals surface area contributed by atoms with E-state index < -0.39 is 27.8 Å². The van der Waals surface area contributed by atoms with Crippen molar-refractivity contribution < 1.29 is 22.7 Å². The number of para-hydroxylation sites is 1. The van der Waals surface area contributed by atoms with Gasteiger partial charge in [-0.1, -0.05) is 32.0 Å². The Morgan fingerprint density at radius 3 is 2.68 bits per heavy atom. The first kappa shape index (κ1) is 22.2. The summed E-state index contributed by atoms with van der Waals surface area (Å²) >= 11 is 0. The number of nitrogens with zero attached hydrogens (tertiary/aromatic N) is 1. The molecular formula is C19H29N3O5S. The van der Waals surface area contributed by atoms with Crippen LogP contribution in [0.2, 0.25) is 0 Å². The number of hydrazine groups is 1. The Labute approximate surface area is 166 Å². The molecule has 0 spiro atoms. The van der Waals surface area contributed by atoms with Crippen molar-refractivity contribution in [3.8, 4) is 5.75 Å². The number of carbonyl (C=O) groups excluding carboxylic acids is 2. The highest BCUT2D eigenvalue weighted by atomic mass is 32.2. The van der Waals surface area contributed by atoms with Crippen LogP contribution in [0.3, 0.4) is 0 Å². The first-order chi connectivity index (χ1) is 13.4. The van der Waals surface area contributed by atoms with Crippen molar-refractivity contribution in [2.24, 2.45) is 5.92 Å². The Hall–Kier alpha value is -2.13. The van der Waals surface area contributed by atoms with Crippen LogP contribution in [-0.2, 0) is 26.0 Å². The molecule has 2 N–H and O–H groups in total. The van der Waals surface area contributed by atoms with Gasteiger partial charge in [0.05, 0.1) is 11.7 Å². The molecule has 1 aliphatic rings. The van der Waals surface area contributed by atoms with Crippen molar-refractivity contribution >= 4 is 21.8 Å². The maximum Gasteiger partial charge on any atom is 0.276 e. The second kappa shape index (κ2) is 10.4. The zero-order valence-corrected chi connectivity index (χ0v) is 17.3. The number of hydrogen-bond donors (Lipinski definition) is 2. The maximum absolute atomic E-state index is 12.3. The second-order valence-corrected chi connectivity index (χ2v) is 8.89. The maximum atomic E-state index is 12.3. The first-order valence-corrected chi connectivity index (χ1v) is 11.3. The summed E-state index contributed by atoms with van der Waals surface area (Å²) in [6, 6.07) is 7.45. The molecule has 156 valence electrons. The van der Waals surface area contributed by atoms with Crippen LogP contribution >= 0.6 is 0 Å². The Bertz CT molecular complexity index is 782. The van der Waals surface area contributed by atoms with E-state index in [1.54, 1.807) is 6.07 Å². The standard InChI is InChI=1S/C19H29N3O5S/c1-3-12-28(25,26)22-11-7-9-16(13-22)19(24)21-20-18(23)14-27-17-10-6-5-8-15(17)4-2/h5-6,8,10,16H,3-4,7,9,11-14H2,1-2H3,(H,20,23)(H,21,24). The summed E-state index contributed by atoms with van der Waals surface area (Å²) in [7, 11) is -3.33. The summed E-state index contributed by atoms with van der Waals surface area (Å²) in [5.41, 5.74) is 5.71. The van der Waals surface area contributed by atoms with Gasteiger partial charge in [-0.25, -0.2) is 12.7 Å². The van der Waals surface area contributed by atoms with E-state index in [2.05, 4.69) is 10.9 Å². The molecule has 1 atom stereocenters. The Balaban J connectivity index is 1.80. The zero-order chi connectivity index (χ0) is 20.6. The highest BCUT2D eigenvalue weighted by molar-refractivity contribution is 7.89. The highest BCUT2D eigenvalue weighted by Crippen LogP contribution is 2.20. The summed E-state index contributed by atoms with van der Waals surface area (Å²) in [5, 5.41) is 0. The van der Waals surface area contributed by atoms with E-state index in [9.17, 15) is 18.0 Å². The van der Waals surface area contributed by atoms with Crippen molar-refractivity contribution in [3.05, 3.63) is 29.8 Å². The van der Waals surface area contributed by atoms with Gasteiger partial charge in [-0.3, -0.25) is 20.4 Å². The van der Waals surface area contributed by atoms with Crippen molar-refractivity contribution in [2.45, 2.75) is 39.5 Å². The molecule has 0 radical (unpaired) electrons. The molecule has 0 aliphatic carbocycles. The van der Waals surface area contributed by atoms with E-state index in [0.29, 0.717) is 31.6 Å². The topological polar surface area (TPSA) is 105 Å². The lowest BCUT2D eigenvalue weighted by molar-refractivity contribution is -0.132. The summed E-state index contributed by atoms with van der Waals surface area (Å²) in [5.74, 6) is -0.642. The van der Waals surface area contributed by atoms with Crippen LogP contribution in [0.15, 0.2) is 24.3 Å². The van der Waals surface area contributed by atoms with Gasteiger partial charge in [0, 0.05) is 13.1 Å². The van der Waals surface area contributed by atoms with Crippen LogP contribution in [0.25, 0.3) is 0 Å². The fraction of sp³-hybridized carbons (Fsp3) is 0.579. The van der Waals surface area contributed by atoms with Gasteiger partial charge in [0.1, 0.15) is 5.75 Å². The number of hydrogen-bond acceptors (Lipinski definition) is 5. The molecule has 1 saturated heterocycles. The molecule has 9 heteroatoms. The van der Waals surface area contributed by atoms with Crippen molar-refractivity contribution in [1.82, 2.24) is 15.2 Å². The average Bonchev–Trinajstić information content (AvgIpc) is 2.70. The van der Waals surface area contributed by atoms with E-state index in [0.717, 1.165) is 12.0 Å². The van der Waals surface area contributed by atoms with E-state index in [4.69, 9.17) is 4.74 Å². The number of carbonyl (C=O) groups is 2. The van der Waals surface area contributed by atoms with Crippen LogP contribution in [-0.4, -0.2) is 50.0 Å². The quantitative estimate of drug-likeness (QED) is 0.626. The summed E-state index contributed by atoms with van der Waals surface area (Å²) in [4.78, 5) is 24.3. The SMILES string of the molecule is CCCS(=O)(=O)N1CCCC(C(=O)NNC(=O)COc2ccccc2CC)C1. The van der Waals surface area contributed by atoms with Gasteiger partial charge in [-0.2, -0.15) is 0 Å². The molecule has 1 fully saturated rings. The van der Waals surface area contributed by atoms with E-state index >= 15 is 0 Å². The lowest BCUT2D eigenvalue weighted by atomic mass is 9.99. The lowest BCUT2D eigenvalue weighted by Gasteiger charge is -2.31. The van der Waals surface area contributed by atoms with Crippen molar-refractivity contribution in [2.75, 3.05) is 25.4 Å². The molecule has 0 saturated carbocycles. The predicted octanol–water partition coefficient (Wildman–Crippen LogP) is 1.23. The molecule has 28 heavy (non-hydrogen) atoms. The predicted molar refractivity (Wildman–Crippen MR) is 106 cm³/mol. The van der Waals surface area contributed by atoms with Gasteiger partial charge in [0.25, 0.3) is 5.91 Å². The molecule has 1 heterocycles. The number of amides is 2. The number of piperidine rings is 1. The van der Waals surface area contributed by atoms with Gasteiger partial charge < -0.3 is 4.74 Å². The van der Waals surface area contributed by atoms with E-state index in [1.807, 2.05) is 32.0 Å². The molecule has 1 aromatic carbocycles. The second-order valence-electron chi connectivity index (χ2n) is 6.80. The Kier molecular flexibility index (Phi) is 8.25. The smallest absolute Gasteiger partial charge is 0.276 e. The molecule has 0 bridgehead atoms. The number of aryl methyl sites for hydroxylation is 1. The van der Waals surface area contributed by atoms with Crippen LogP contribution < -0.4 is 15.6 Å². The van der Waals surface area contributed by atoms with Crippen molar-refractivity contribution in [3.63, 3.8) is 0 Å². The third-order valence-electron chi connectivity index (χ3n) is 4.65. The van der Waals surface area contributed by atoms with Crippen LogP contribution in [0.5, 0.6) is 5.75 Å². The van der Waals surface area contributed by atoms with E-state index in [1.165, 1.54) is 4.31 Å². The third-order valence-corrected chi connectivity index (χ3v) is 6.69. The van der Waals surface area contributed by atoms with Crippen LogP contribution in [0.4, 0.5) is 0 Å². The van der Waals surface area contributed by atoms with Gasteiger partial charge >= 0.3 is 0 Å². The summed E-state index contributed by atoms with van der Waals surface area (Å²) < 4.78 is 31.3. The number of nitrogens with one attached hydrogen (secondary N) is 2. The Morgan fingerprint density at radius 1 is 1.21 bits per heavy atom. The molecule has 1 aromatic rings. The minimum atomic E-state index is -3.33. The average molecular weight is 412 g/mol. The Morgan fingerprint density at radius 2 is 1.96 bits per heavy atom. The third kappa shape index (κ3) is 6.20.